The van der Waals surface area contributed by atoms with Crippen LogP contribution in [0.5, 0.6) is 0 Å². The zero-order valence-corrected chi connectivity index (χ0v) is 14.8. The molecule has 0 aromatic heterocycles. The highest BCUT2D eigenvalue weighted by molar-refractivity contribution is 4.99. The van der Waals surface area contributed by atoms with Gasteiger partial charge in [0.15, 0.2) is 6.29 Å². The Morgan fingerprint density at radius 2 is 1.64 bits per heavy atom. The van der Waals surface area contributed by atoms with Crippen LogP contribution in [0.1, 0.15) is 19.8 Å². The fraction of sp³-hybridized carbons (Fsp3) is 1.00. The van der Waals surface area contributed by atoms with Crippen LogP contribution in [-0.4, -0.2) is 81.5 Å². The summed E-state index contributed by atoms with van der Waals surface area (Å²) < 4.78 is 11.2. The first-order chi connectivity index (χ1) is 13.3. The molecular formula is C13H21N9O6. The average molecular weight is 399 g/mol. The highest BCUT2D eigenvalue weighted by Gasteiger charge is 2.49. The summed E-state index contributed by atoms with van der Waals surface area (Å²) in [7, 11) is 0. The van der Waals surface area contributed by atoms with Gasteiger partial charge in [0.1, 0.15) is 18.2 Å². The molecule has 5 unspecified atom stereocenters. The Hall–Kier alpha value is -2.31. The quantitative estimate of drug-likeness (QED) is 0.279. The van der Waals surface area contributed by atoms with Crippen molar-refractivity contribution >= 4 is 0 Å². The van der Waals surface area contributed by atoms with Gasteiger partial charge in [-0.25, -0.2) is 0 Å². The first kappa shape index (κ1) is 22.0. The number of hydrogen-bond acceptors (Lipinski definition) is 9. The molecule has 28 heavy (non-hydrogen) atoms. The van der Waals surface area contributed by atoms with E-state index in [4.69, 9.17) is 26.1 Å². The summed E-state index contributed by atoms with van der Waals surface area (Å²) in [5.41, 5.74) is 26.1. The molecule has 2 fully saturated rings. The number of rotatable bonds is 6. The molecule has 15 heteroatoms. The van der Waals surface area contributed by atoms with Crippen molar-refractivity contribution in [2.24, 2.45) is 15.3 Å². The van der Waals surface area contributed by atoms with Crippen molar-refractivity contribution in [1.29, 1.82) is 0 Å². The maximum Gasteiger partial charge on any atom is 0.169 e. The summed E-state index contributed by atoms with van der Waals surface area (Å²) in [4.78, 5) is 7.99. The Bertz CT molecular complexity index is 690. The number of aliphatic hydroxyl groups is 4. The predicted molar refractivity (Wildman–Crippen MR) is 91.3 cm³/mol. The minimum atomic E-state index is -1.61. The van der Waals surface area contributed by atoms with Gasteiger partial charge in [-0.2, -0.15) is 0 Å². The van der Waals surface area contributed by atoms with Crippen molar-refractivity contribution in [3.8, 4) is 0 Å². The highest BCUT2D eigenvalue weighted by Crippen LogP contribution is 2.32. The van der Waals surface area contributed by atoms with Crippen LogP contribution in [0.25, 0.3) is 31.3 Å². The largest absolute Gasteiger partial charge is 0.391 e. The normalized spacial score (nSPS) is 41.7. The Labute approximate surface area is 158 Å². The molecule has 0 aromatic rings. The molecule has 1 aliphatic carbocycles. The third kappa shape index (κ3) is 4.75. The van der Waals surface area contributed by atoms with Crippen LogP contribution in [0.15, 0.2) is 15.3 Å². The Morgan fingerprint density at radius 1 is 1.00 bits per heavy atom. The van der Waals surface area contributed by atoms with Gasteiger partial charge in [-0.3, -0.25) is 0 Å². The first-order valence-electron chi connectivity index (χ1n) is 8.49. The molecule has 0 spiro atoms. The number of nitrogens with zero attached hydrogens (tertiary/aromatic N) is 9. The third-order valence-corrected chi connectivity index (χ3v) is 4.76. The third-order valence-electron chi connectivity index (χ3n) is 4.76. The molecule has 0 bridgehead atoms. The molecule has 1 saturated heterocycles. The fourth-order valence-electron chi connectivity index (χ4n) is 3.43. The van der Waals surface area contributed by atoms with Gasteiger partial charge < -0.3 is 29.9 Å². The van der Waals surface area contributed by atoms with Gasteiger partial charge in [-0.15, -0.1) is 0 Å². The molecule has 0 radical (unpaired) electrons. The molecule has 1 saturated carbocycles. The highest BCUT2D eigenvalue weighted by atomic mass is 16.7. The van der Waals surface area contributed by atoms with Gasteiger partial charge in [0.05, 0.1) is 30.5 Å². The van der Waals surface area contributed by atoms with E-state index < -0.39 is 61.0 Å². The van der Waals surface area contributed by atoms with Gasteiger partial charge in [0.25, 0.3) is 0 Å². The number of hydrogen-bond donors (Lipinski definition) is 4. The molecule has 154 valence electrons. The van der Waals surface area contributed by atoms with Crippen LogP contribution in [0.2, 0.25) is 0 Å². The van der Waals surface area contributed by atoms with E-state index in [9.17, 15) is 20.4 Å². The topological polar surface area (TPSA) is 246 Å². The van der Waals surface area contributed by atoms with E-state index in [0.29, 0.717) is 0 Å². The van der Waals surface area contributed by atoms with E-state index in [1.54, 1.807) is 0 Å². The molecule has 4 N–H and O–H groups in total. The second-order valence-corrected chi connectivity index (χ2v) is 6.66. The van der Waals surface area contributed by atoms with Crippen molar-refractivity contribution < 1.29 is 29.9 Å². The van der Waals surface area contributed by atoms with Crippen molar-refractivity contribution in [3.63, 3.8) is 0 Å². The molecule has 0 aromatic carbocycles. The first-order valence-corrected chi connectivity index (χ1v) is 8.49. The Kier molecular flexibility index (Phi) is 7.66. The van der Waals surface area contributed by atoms with Gasteiger partial charge >= 0.3 is 0 Å². The van der Waals surface area contributed by atoms with E-state index in [1.165, 1.54) is 6.92 Å². The van der Waals surface area contributed by atoms with Crippen LogP contribution in [0.4, 0.5) is 0 Å². The van der Waals surface area contributed by atoms with E-state index in [0.717, 1.165) is 0 Å². The lowest BCUT2D eigenvalue weighted by Gasteiger charge is -2.45. The van der Waals surface area contributed by atoms with E-state index in [2.05, 4.69) is 30.1 Å². The van der Waals surface area contributed by atoms with Crippen LogP contribution < -0.4 is 0 Å². The Morgan fingerprint density at radius 3 is 2.21 bits per heavy atom. The number of aliphatic hydroxyl groups excluding tert-OH is 4. The molecule has 2 aliphatic rings. The van der Waals surface area contributed by atoms with Gasteiger partial charge in [-0.1, -0.05) is 15.3 Å². The van der Waals surface area contributed by atoms with Crippen molar-refractivity contribution in [3.05, 3.63) is 31.3 Å². The average Bonchev–Trinajstić information content (AvgIpc) is 2.63. The summed E-state index contributed by atoms with van der Waals surface area (Å²) in [6, 6.07) is -2.94. The van der Waals surface area contributed by atoms with Crippen LogP contribution in [0.3, 0.4) is 0 Å². The summed E-state index contributed by atoms with van der Waals surface area (Å²) in [5, 5.41) is 51.0. The van der Waals surface area contributed by atoms with E-state index in [1.807, 2.05) is 0 Å². The van der Waals surface area contributed by atoms with Gasteiger partial charge in [0.2, 0.25) is 0 Å². The summed E-state index contributed by atoms with van der Waals surface area (Å²) in [6.45, 7) is 1.33. The monoisotopic (exact) mass is 399 g/mol. The zero-order valence-electron chi connectivity index (χ0n) is 14.8. The van der Waals surface area contributed by atoms with Gasteiger partial charge in [-0.05, 0) is 36.4 Å². The second-order valence-electron chi connectivity index (χ2n) is 6.66. The van der Waals surface area contributed by atoms with E-state index >= 15 is 0 Å². The summed E-state index contributed by atoms with van der Waals surface area (Å²) in [5.74, 6) is 0. The van der Waals surface area contributed by atoms with Crippen LogP contribution in [-0.2, 0) is 9.47 Å². The smallest absolute Gasteiger partial charge is 0.169 e. The molecule has 1 aliphatic heterocycles. The number of ether oxygens (including phenoxy) is 2. The lowest BCUT2D eigenvalue weighted by Crippen LogP contribution is -2.62. The zero-order chi connectivity index (χ0) is 20.8. The minimum absolute atomic E-state index is 0.0239. The fourth-order valence-corrected chi connectivity index (χ4v) is 3.43. The molecule has 2 rings (SSSR count). The van der Waals surface area contributed by atoms with Crippen molar-refractivity contribution in [1.82, 2.24) is 0 Å². The van der Waals surface area contributed by atoms with Crippen LogP contribution in [0, 0.1) is 0 Å². The lowest BCUT2D eigenvalue weighted by atomic mass is 9.86. The minimum Gasteiger partial charge on any atom is -0.391 e. The molecule has 1 heterocycles. The Balaban J connectivity index is 2.28. The maximum absolute atomic E-state index is 10.4. The molecule has 15 nitrogen and oxygen atoms in total. The lowest BCUT2D eigenvalue weighted by molar-refractivity contribution is -0.297. The molecule has 10 atom stereocenters. The van der Waals surface area contributed by atoms with E-state index in [-0.39, 0.29) is 12.8 Å². The predicted octanol–water partition coefficient (Wildman–Crippen LogP) is 0.390. The van der Waals surface area contributed by atoms with Crippen LogP contribution >= 0.6 is 0 Å². The molecular weight excluding hydrogens is 378 g/mol. The molecule has 0 amide bonds. The summed E-state index contributed by atoms with van der Waals surface area (Å²) >= 11 is 0. The number of azide groups is 3. The maximum atomic E-state index is 10.4. The second kappa shape index (κ2) is 9.75. The summed E-state index contributed by atoms with van der Waals surface area (Å²) in [6.07, 6.45) is -9.26. The standard InChI is InChI=1S/C13H21N9O6/c1-4(23)11-10(26)9(25)8(19-22-16)13(27-11)28-12-6(18-21-15)2-5(17-20-14)3-7(12)24/h4-13,23-26H,2-3H2,1H3/t4?,5?,6?,7-,8?,9-,10+,11?,12-,13-/m1/s1. The SMILES string of the molecule is CC(O)C1O[C@H](O[C@@H]2C(N=[N+]=[N-])CC(N=[N+]=[N-])C[C@H]2O)C(N=[N+]=[N-])[C@@H](O)[C@@H]1O. The van der Waals surface area contributed by atoms with Crippen molar-refractivity contribution in [2.45, 2.75) is 80.8 Å². The van der Waals surface area contributed by atoms with Gasteiger partial charge in [0, 0.05) is 20.8 Å². The van der Waals surface area contributed by atoms with Crippen molar-refractivity contribution in [2.75, 3.05) is 0 Å².